The molecule has 0 radical (unpaired) electrons. The van der Waals surface area contributed by atoms with Crippen molar-refractivity contribution in [3.63, 3.8) is 0 Å². The van der Waals surface area contributed by atoms with Gasteiger partial charge in [-0.25, -0.2) is 9.97 Å². The Kier molecular flexibility index (Phi) is 2.40. The van der Waals surface area contributed by atoms with Crippen LogP contribution in [0.2, 0.25) is 0 Å². The quantitative estimate of drug-likeness (QED) is 0.638. The first-order valence-electron chi connectivity index (χ1n) is 3.95. The molecule has 0 saturated carbocycles. The summed E-state index contributed by atoms with van der Waals surface area (Å²) in [5, 5.41) is 0.903. The minimum atomic E-state index is 0.314. The van der Waals surface area contributed by atoms with Crippen LogP contribution in [-0.4, -0.2) is 20.8 Å². The number of nitrogens with two attached hydrogens (primary N) is 1. The lowest BCUT2D eigenvalue weighted by Crippen LogP contribution is -1.98. The van der Waals surface area contributed by atoms with E-state index < -0.39 is 0 Å². The Morgan fingerprint density at radius 3 is 2.86 bits per heavy atom. The predicted octanol–water partition coefficient (Wildman–Crippen LogP) is 2.03. The second kappa shape index (κ2) is 3.43. The zero-order chi connectivity index (χ0) is 10.3. The number of nitrogen functional groups attached to an aromatic ring is 1. The van der Waals surface area contributed by atoms with Gasteiger partial charge < -0.3 is 10.3 Å². The number of nitrogens with zero attached hydrogens (tertiary/aromatic N) is 3. The first-order valence-corrected chi connectivity index (χ1v) is 5.97. The Bertz CT molecular complexity index is 494. The van der Waals surface area contributed by atoms with Crippen molar-refractivity contribution in [3.8, 4) is 0 Å². The lowest BCUT2D eigenvalue weighted by Gasteiger charge is -2.02. The number of hydrogen-bond acceptors (Lipinski definition) is 4. The zero-order valence-electron chi connectivity index (χ0n) is 7.78. The minimum absolute atomic E-state index is 0.314. The Labute approximate surface area is 94.0 Å². The number of fused-ring (bicyclic) bond motifs is 1. The molecule has 0 aromatic carbocycles. The van der Waals surface area contributed by atoms with E-state index in [-0.39, 0.29) is 0 Å². The van der Waals surface area contributed by atoms with Gasteiger partial charge in [0.05, 0.1) is 4.47 Å². The van der Waals surface area contributed by atoms with Gasteiger partial charge in [-0.2, -0.15) is 0 Å². The maximum absolute atomic E-state index is 5.61. The topological polar surface area (TPSA) is 56.7 Å². The number of halogens is 1. The van der Waals surface area contributed by atoms with Gasteiger partial charge in [0.1, 0.15) is 16.1 Å². The van der Waals surface area contributed by atoms with E-state index in [4.69, 9.17) is 5.73 Å². The summed E-state index contributed by atoms with van der Waals surface area (Å²) >= 11 is 5.01. The van der Waals surface area contributed by atoms with Crippen molar-refractivity contribution in [3.05, 3.63) is 10.7 Å². The van der Waals surface area contributed by atoms with Gasteiger partial charge in [0.15, 0.2) is 0 Å². The van der Waals surface area contributed by atoms with Gasteiger partial charge in [-0.1, -0.05) is 0 Å². The summed E-state index contributed by atoms with van der Waals surface area (Å²) in [6.45, 7) is 0. The molecule has 2 aromatic rings. The van der Waals surface area contributed by atoms with Crippen molar-refractivity contribution in [2.45, 2.75) is 5.03 Å². The summed E-state index contributed by atoms with van der Waals surface area (Å²) in [5.41, 5.74) is 7.49. The van der Waals surface area contributed by atoms with Gasteiger partial charge in [0.2, 0.25) is 5.95 Å². The average molecular weight is 273 g/mol. The largest absolute Gasteiger partial charge is 0.368 e. The smallest absolute Gasteiger partial charge is 0.221 e. The van der Waals surface area contributed by atoms with Gasteiger partial charge in [-0.3, -0.25) is 0 Å². The highest BCUT2D eigenvalue weighted by Gasteiger charge is 2.12. The SMILES string of the molecule is CSc1nc(N)nc2c(Br)cn(C)c12. The highest BCUT2D eigenvalue weighted by molar-refractivity contribution is 9.10. The fourth-order valence-electron chi connectivity index (χ4n) is 1.37. The molecule has 0 bridgehead atoms. The number of aromatic nitrogens is 3. The van der Waals surface area contributed by atoms with Crippen LogP contribution in [0, 0.1) is 0 Å². The Hall–Kier alpha value is -0.750. The number of rotatable bonds is 1. The molecule has 2 aromatic heterocycles. The highest BCUT2D eigenvalue weighted by atomic mass is 79.9. The summed E-state index contributed by atoms with van der Waals surface area (Å²) in [5.74, 6) is 0.314. The molecule has 0 aliphatic rings. The Morgan fingerprint density at radius 2 is 2.21 bits per heavy atom. The maximum atomic E-state index is 5.61. The van der Waals surface area contributed by atoms with Gasteiger partial charge in [-0.15, -0.1) is 11.8 Å². The van der Waals surface area contributed by atoms with Crippen molar-refractivity contribution in [1.29, 1.82) is 0 Å². The Balaban J connectivity index is 2.90. The third kappa shape index (κ3) is 1.38. The second-order valence-electron chi connectivity index (χ2n) is 2.88. The van der Waals surface area contributed by atoms with Crippen LogP contribution in [0.15, 0.2) is 15.7 Å². The fourth-order valence-corrected chi connectivity index (χ4v) is 2.58. The molecule has 2 rings (SSSR count). The molecule has 0 aliphatic heterocycles. The van der Waals surface area contributed by atoms with Crippen molar-refractivity contribution in [1.82, 2.24) is 14.5 Å². The van der Waals surface area contributed by atoms with E-state index >= 15 is 0 Å². The van der Waals surface area contributed by atoms with E-state index in [1.54, 1.807) is 11.8 Å². The number of anilines is 1. The van der Waals surface area contributed by atoms with Crippen molar-refractivity contribution in [2.75, 3.05) is 12.0 Å². The van der Waals surface area contributed by atoms with Gasteiger partial charge in [0.25, 0.3) is 0 Å². The monoisotopic (exact) mass is 272 g/mol. The van der Waals surface area contributed by atoms with Crippen molar-refractivity contribution in [2.24, 2.45) is 7.05 Å². The molecular formula is C8H9BrN4S. The first kappa shape index (κ1) is 9.79. The molecule has 0 amide bonds. The van der Waals surface area contributed by atoms with E-state index in [9.17, 15) is 0 Å². The van der Waals surface area contributed by atoms with Gasteiger partial charge >= 0.3 is 0 Å². The van der Waals surface area contributed by atoms with Gasteiger partial charge in [-0.05, 0) is 22.2 Å². The molecule has 0 spiro atoms. The summed E-state index contributed by atoms with van der Waals surface area (Å²) in [7, 11) is 1.96. The maximum Gasteiger partial charge on any atom is 0.221 e. The molecular weight excluding hydrogens is 264 g/mol. The van der Waals surface area contributed by atoms with Crippen LogP contribution in [-0.2, 0) is 7.05 Å². The predicted molar refractivity (Wildman–Crippen MR) is 62.4 cm³/mol. The molecule has 0 atom stereocenters. The summed E-state index contributed by atoms with van der Waals surface area (Å²) in [6.07, 6.45) is 3.93. The standard InChI is InChI=1S/C8H9BrN4S/c1-13-3-4(9)5-6(13)7(14-2)12-8(10)11-5/h3H,1-2H3,(H2,10,11,12). The fraction of sp³-hybridized carbons (Fsp3) is 0.250. The van der Waals surface area contributed by atoms with Crippen LogP contribution in [0.5, 0.6) is 0 Å². The van der Waals surface area contributed by atoms with Crippen molar-refractivity contribution >= 4 is 44.7 Å². The molecule has 14 heavy (non-hydrogen) atoms. The van der Waals surface area contributed by atoms with Crippen LogP contribution in [0.25, 0.3) is 11.0 Å². The molecule has 0 fully saturated rings. The lowest BCUT2D eigenvalue weighted by molar-refractivity contribution is 0.938. The molecule has 74 valence electrons. The average Bonchev–Trinajstić information content (AvgIpc) is 2.41. The van der Waals surface area contributed by atoms with Gasteiger partial charge in [0, 0.05) is 13.2 Å². The number of aryl methyl sites for hydroxylation is 1. The van der Waals surface area contributed by atoms with Crippen LogP contribution in [0.1, 0.15) is 0 Å². The summed E-state index contributed by atoms with van der Waals surface area (Å²) in [4.78, 5) is 8.37. The molecule has 0 unspecified atom stereocenters. The van der Waals surface area contributed by atoms with Crippen LogP contribution in [0.4, 0.5) is 5.95 Å². The van der Waals surface area contributed by atoms with Crippen molar-refractivity contribution < 1.29 is 0 Å². The first-order chi connectivity index (χ1) is 6.63. The molecule has 0 aliphatic carbocycles. The number of thioether (sulfide) groups is 1. The lowest BCUT2D eigenvalue weighted by atomic mass is 10.4. The molecule has 2 heterocycles. The minimum Gasteiger partial charge on any atom is -0.368 e. The third-order valence-corrected chi connectivity index (χ3v) is 3.20. The highest BCUT2D eigenvalue weighted by Crippen LogP contribution is 2.30. The van der Waals surface area contributed by atoms with E-state index in [1.807, 2.05) is 24.1 Å². The molecule has 2 N–H and O–H groups in total. The normalized spacial score (nSPS) is 11.1. The summed E-state index contributed by atoms with van der Waals surface area (Å²) in [6, 6.07) is 0. The second-order valence-corrected chi connectivity index (χ2v) is 4.53. The summed E-state index contributed by atoms with van der Waals surface area (Å²) < 4.78 is 2.93. The van der Waals surface area contributed by atoms with Crippen LogP contribution < -0.4 is 5.73 Å². The Morgan fingerprint density at radius 1 is 1.50 bits per heavy atom. The molecule has 4 nitrogen and oxygen atoms in total. The van der Waals surface area contributed by atoms with E-state index in [1.165, 1.54) is 0 Å². The van der Waals surface area contributed by atoms with E-state index in [0.717, 1.165) is 20.5 Å². The van der Waals surface area contributed by atoms with E-state index in [2.05, 4.69) is 25.9 Å². The molecule has 6 heteroatoms. The molecule has 0 saturated heterocycles. The zero-order valence-corrected chi connectivity index (χ0v) is 10.2. The van der Waals surface area contributed by atoms with E-state index in [0.29, 0.717) is 5.95 Å². The van der Waals surface area contributed by atoms with Crippen LogP contribution in [0.3, 0.4) is 0 Å². The van der Waals surface area contributed by atoms with Crippen LogP contribution >= 0.6 is 27.7 Å². The number of hydrogen-bond donors (Lipinski definition) is 1. The third-order valence-electron chi connectivity index (χ3n) is 1.95.